The Morgan fingerprint density at radius 2 is 2.29 bits per heavy atom. The van der Waals surface area contributed by atoms with Gasteiger partial charge in [-0.05, 0) is 12.5 Å². The summed E-state index contributed by atoms with van der Waals surface area (Å²) in [5.74, 6) is 0.677. The molecule has 1 N–H and O–H groups in total. The minimum Gasteiger partial charge on any atom is -0.386 e. The van der Waals surface area contributed by atoms with Gasteiger partial charge in [0.2, 0.25) is 0 Å². The van der Waals surface area contributed by atoms with Crippen LogP contribution in [0.1, 0.15) is 19.8 Å². The lowest BCUT2D eigenvalue weighted by molar-refractivity contribution is -0.385. The van der Waals surface area contributed by atoms with Crippen molar-refractivity contribution in [1.29, 1.82) is 0 Å². The molecule has 0 radical (unpaired) electrons. The number of hydrogen-bond acceptors (Lipinski definition) is 5. The van der Waals surface area contributed by atoms with Crippen molar-refractivity contribution in [1.82, 2.24) is 4.98 Å². The molecule has 6 nitrogen and oxygen atoms in total. The van der Waals surface area contributed by atoms with Gasteiger partial charge in [0, 0.05) is 19.2 Å². The van der Waals surface area contributed by atoms with Gasteiger partial charge in [0.05, 0.1) is 10.5 Å². The summed E-state index contributed by atoms with van der Waals surface area (Å²) >= 11 is 0. The van der Waals surface area contributed by atoms with Crippen molar-refractivity contribution in [2.75, 3.05) is 18.0 Å². The molecule has 0 aromatic carbocycles. The summed E-state index contributed by atoms with van der Waals surface area (Å²) < 4.78 is 0. The van der Waals surface area contributed by atoms with Crippen molar-refractivity contribution < 1.29 is 10.0 Å². The quantitative estimate of drug-likeness (QED) is 0.631. The minimum absolute atomic E-state index is 0.0157. The molecule has 0 bridgehead atoms. The van der Waals surface area contributed by atoms with Crippen molar-refractivity contribution in [2.45, 2.75) is 25.4 Å². The van der Waals surface area contributed by atoms with Gasteiger partial charge >= 0.3 is 0 Å². The Bertz CT molecular complexity index is 412. The second kappa shape index (κ2) is 4.29. The third kappa shape index (κ3) is 2.36. The Morgan fingerprint density at radius 1 is 1.59 bits per heavy atom. The van der Waals surface area contributed by atoms with Gasteiger partial charge in [0.1, 0.15) is 12.0 Å². The average Bonchev–Trinajstić information content (AvgIpc) is 2.26. The highest BCUT2D eigenvalue weighted by Crippen LogP contribution is 2.30. The van der Waals surface area contributed by atoms with E-state index >= 15 is 0 Å². The van der Waals surface area contributed by atoms with Crippen LogP contribution in [-0.2, 0) is 0 Å². The summed E-state index contributed by atoms with van der Waals surface area (Å²) in [6.07, 6.45) is 2.96. The van der Waals surface area contributed by atoms with E-state index in [1.807, 2.05) is 11.8 Å². The van der Waals surface area contributed by atoms with E-state index in [1.165, 1.54) is 12.3 Å². The molecule has 6 heteroatoms. The van der Waals surface area contributed by atoms with Crippen LogP contribution in [0.5, 0.6) is 0 Å². The Labute approximate surface area is 99.0 Å². The average molecular weight is 237 g/mol. The van der Waals surface area contributed by atoms with E-state index in [4.69, 9.17) is 0 Å². The number of anilines is 1. The summed E-state index contributed by atoms with van der Waals surface area (Å²) in [6.45, 7) is 3.13. The second-order valence-electron chi connectivity index (χ2n) is 4.46. The molecule has 0 saturated carbocycles. The van der Waals surface area contributed by atoms with E-state index in [0.717, 1.165) is 12.8 Å². The molecule has 1 aliphatic rings. The molecule has 1 fully saturated rings. The van der Waals surface area contributed by atoms with E-state index < -0.39 is 10.5 Å². The lowest BCUT2D eigenvalue weighted by Gasteiger charge is -2.47. The van der Waals surface area contributed by atoms with Gasteiger partial charge in [-0.15, -0.1) is 0 Å². The molecule has 0 atom stereocenters. The van der Waals surface area contributed by atoms with E-state index in [1.54, 1.807) is 6.07 Å². The molecule has 1 saturated heterocycles. The summed E-state index contributed by atoms with van der Waals surface area (Å²) in [4.78, 5) is 15.9. The molecule has 1 aliphatic heterocycles. The van der Waals surface area contributed by atoms with E-state index in [-0.39, 0.29) is 5.69 Å². The van der Waals surface area contributed by atoms with Gasteiger partial charge in [0.15, 0.2) is 0 Å². The number of nitrogens with zero attached hydrogens (tertiary/aromatic N) is 3. The maximum Gasteiger partial charge on any atom is 0.287 e. The highest BCUT2D eigenvalue weighted by molar-refractivity contribution is 5.46. The first-order valence-corrected chi connectivity index (χ1v) is 5.62. The van der Waals surface area contributed by atoms with Gasteiger partial charge in [-0.3, -0.25) is 10.1 Å². The van der Waals surface area contributed by atoms with Crippen LogP contribution >= 0.6 is 0 Å². The number of β-amino-alcohol motifs (C(OH)–C–C–N with tert-alkyl or cyclic N) is 1. The maximum absolute atomic E-state index is 10.5. The molecular formula is C11H15N3O3. The van der Waals surface area contributed by atoms with Crippen LogP contribution in [0.2, 0.25) is 0 Å². The summed E-state index contributed by atoms with van der Waals surface area (Å²) in [7, 11) is 0. The fourth-order valence-corrected chi connectivity index (χ4v) is 2.12. The molecule has 0 aliphatic carbocycles. The van der Waals surface area contributed by atoms with Crippen LogP contribution in [-0.4, -0.2) is 33.7 Å². The second-order valence-corrected chi connectivity index (χ2v) is 4.46. The van der Waals surface area contributed by atoms with Gasteiger partial charge < -0.3 is 10.0 Å². The van der Waals surface area contributed by atoms with Crippen LogP contribution < -0.4 is 4.90 Å². The van der Waals surface area contributed by atoms with Crippen molar-refractivity contribution in [2.24, 2.45) is 0 Å². The first kappa shape index (κ1) is 11.8. The SMILES string of the molecule is CCCC1(O)CN(c2ccc([N+](=O)[O-])cn2)C1. The number of nitro groups is 1. The molecule has 17 heavy (non-hydrogen) atoms. The van der Waals surface area contributed by atoms with Crippen LogP contribution in [0.4, 0.5) is 11.5 Å². The van der Waals surface area contributed by atoms with Gasteiger partial charge in [-0.2, -0.15) is 0 Å². The predicted octanol–water partition coefficient (Wildman–Crippen LogP) is 1.34. The van der Waals surface area contributed by atoms with Gasteiger partial charge in [-0.1, -0.05) is 13.3 Å². The predicted molar refractivity (Wildman–Crippen MR) is 63.0 cm³/mol. The number of aliphatic hydroxyl groups is 1. The smallest absolute Gasteiger partial charge is 0.287 e. The number of hydrogen-bond donors (Lipinski definition) is 1. The van der Waals surface area contributed by atoms with E-state index in [0.29, 0.717) is 18.9 Å². The highest BCUT2D eigenvalue weighted by atomic mass is 16.6. The Morgan fingerprint density at radius 3 is 2.76 bits per heavy atom. The third-order valence-electron chi connectivity index (χ3n) is 2.95. The zero-order valence-electron chi connectivity index (χ0n) is 9.67. The highest BCUT2D eigenvalue weighted by Gasteiger charge is 2.40. The Hall–Kier alpha value is -1.69. The lowest BCUT2D eigenvalue weighted by atomic mass is 9.89. The maximum atomic E-state index is 10.5. The fraction of sp³-hybridized carbons (Fsp3) is 0.545. The molecule has 2 heterocycles. The molecular weight excluding hydrogens is 222 g/mol. The molecule has 0 unspecified atom stereocenters. The molecule has 1 aromatic rings. The molecule has 92 valence electrons. The van der Waals surface area contributed by atoms with Gasteiger partial charge in [0.25, 0.3) is 5.69 Å². The Balaban J connectivity index is 1.99. The third-order valence-corrected chi connectivity index (χ3v) is 2.95. The summed E-state index contributed by atoms with van der Waals surface area (Å²) in [5.41, 5.74) is -0.629. The minimum atomic E-state index is -0.613. The van der Waals surface area contributed by atoms with Crippen LogP contribution in [0, 0.1) is 10.1 Å². The first-order chi connectivity index (χ1) is 8.04. The zero-order valence-corrected chi connectivity index (χ0v) is 9.67. The zero-order chi connectivity index (χ0) is 12.5. The number of aromatic nitrogens is 1. The van der Waals surface area contributed by atoms with Crippen LogP contribution in [0.25, 0.3) is 0 Å². The first-order valence-electron chi connectivity index (χ1n) is 5.62. The summed E-state index contributed by atoms with van der Waals surface area (Å²) in [6, 6.07) is 3.04. The number of pyridine rings is 1. The molecule has 0 amide bonds. The van der Waals surface area contributed by atoms with E-state index in [9.17, 15) is 15.2 Å². The van der Waals surface area contributed by atoms with E-state index in [2.05, 4.69) is 4.98 Å². The lowest BCUT2D eigenvalue weighted by Crippen LogP contribution is -2.62. The molecule has 2 rings (SSSR count). The van der Waals surface area contributed by atoms with Crippen molar-refractivity contribution in [3.05, 3.63) is 28.4 Å². The normalized spacial score (nSPS) is 17.6. The van der Waals surface area contributed by atoms with Crippen LogP contribution in [0.3, 0.4) is 0 Å². The van der Waals surface area contributed by atoms with Crippen molar-refractivity contribution in [3.63, 3.8) is 0 Å². The largest absolute Gasteiger partial charge is 0.386 e. The standard InChI is InChI=1S/C11H15N3O3/c1-2-5-11(15)7-13(8-11)10-4-3-9(6-12-10)14(16)17/h3-4,6,15H,2,5,7-8H2,1H3. The summed E-state index contributed by atoms with van der Waals surface area (Å²) in [5, 5.41) is 20.5. The fourth-order valence-electron chi connectivity index (χ4n) is 2.12. The monoisotopic (exact) mass is 237 g/mol. The molecule has 0 spiro atoms. The number of rotatable bonds is 4. The van der Waals surface area contributed by atoms with Crippen LogP contribution in [0.15, 0.2) is 18.3 Å². The van der Waals surface area contributed by atoms with Crippen molar-refractivity contribution in [3.8, 4) is 0 Å². The molecule has 1 aromatic heterocycles. The van der Waals surface area contributed by atoms with Crippen molar-refractivity contribution >= 4 is 11.5 Å². The van der Waals surface area contributed by atoms with Gasteiger partial charge in [-0.25, -0.2) is 4.98 Å². The topological polar surface area (TPSA) is 79.5 Å². The Kier molecular flexibility index (Phi) is 2.97.